The molecule has 0 N–H and O–H groups in total. The number of nitrogens with zero attached hydrogens (tertiary/aromatic N) is 3. The summed E-state index contributed by atoms with van der Waals surface area (Å²) in [6.07, 6.45) is 1.69. The zero-order valence-electron chi connectivity index (χ0n) is 14.2. The van der Waals surface area contributed by atoms with Gasteiger partial charge in [0.2, 0.25) is 17.6 Å². The predicted molar refractivity (Wildman–Crippen MR) is 100 cm³/mol. The van der Waals surface area contributed by atoms with E-state index in [1.165, 1.54) is 0 Å². The first-order valence-corrected chi connectivity index (χ1v) is 9.58. The second-order valence-corrected chi connectivity index (χ2v) is 6.58. The Bertz CT molecular complexity index is 741. The summed E-state index contributed by atoms with van der Waals surface area (Å²) < 4.78 is 16.6. The molecule has 0 spiro atoms. The van der Waals surface area contributed by atoms with E-state index in [1.807, 2.05) is 23.1 Å². The zero-order chi connectivity index (χ0) is 17.8. The Morgan fingerprint density at radius 3 is 2.64 bits per heavy atom. The van der Waals surface area contributed by atoms with Gasteiger partial charge in [-0.3, -0.25) is 4.79 Å². The van der Waals surface area contributed by atoms with Crippen molar-refractivity contribution >= 4 is 28.5 Å². The summed E-state index contributed by atoms with van der Waals surface area (Å²) in [4.78, 5) is 18.2. The Morgan fingerprint density at radius 2 is 2.00 bits per heavy atom. The van der Waals surface area contributed by atoms with Gasteiger partial charge in [0.1, 0.15) is 0 Å². The molecule has 1 amide bonds. The van der Waals surface area contributed by atoms with E-state index < -0.39 is 0 Å². The number of likely N-dealkylation sites (tertiary alicyclic amines) is 1. The van der Waals surface area contributed by atoms with Crippen molar-refractivity contribution in [3.8, 4) is 22.9 Å². The highest BCUT2D eigenvalue weighted by atomic mass is 127. The monoisotopic (exact) mass is 457 g/mol. The van der Waals surface area contributed by atoms with Crippen LogP contribution in [-0.4, -0.2) is 52.7 Å². The van der Waals surface area contributed by atoms with Gasteiger partial charge >= 0.3 is 0 Å². The van der Waals surface area contributed by atoms with Crippen molar-refractivity contribution in [3.63, 3.8) is 0 Å². The van der Waals surface area contributed by atoms with Crippen molar-refractivity contribution < 1.29 is 18.8 Å². The van der Waals surface area contributed by atoms with Crippen LogP contribution >= 0.6 is 22.6 Å². The van der Waals surface area contributed by atoms with Gasteiger partial charge in [0.25, 0.3) is 0 Å². The van der Waals surface area contributed by atoms with Gasteiger partial charge in [-0.25, -0.2) is 0 Å². The highest BCUT2D eigenvalue weighted by Gasteiger charge is 2.27. The second kappa shape index (κ2) is 8.03. The molecule has 1 aromatic heterocycles. The van der Waals surface area contributed by atoms with Crippen molar-refractivity contribution in [2.24, 2.45) is 0 Å². The number of ether oxygens (including phenoxy) is 2. The summed E-state index contributed by atoms with van der Waals surface area (Å²) in [5.74, 6) is 2.82. The summed E-state index contributed by atoms with van der Waals surface area (Å²) in [7, 11) is 3.19. The first-order valence-electron chi connectivity index (χ1n) is 8.06. The van der Waals surface area contributed by atoms with Crippen LogP contribution in [-0.2, 0) is 4.79 Å². The number of halogens is 1. The number of carbonyl (C=O) groups is 1. The number of hydrogen-bond donors (Lipinski definition) is 0. The first-order chi connectivity index (χ1) is 12.2. The molecule has 25 heavy (non-hydrogen) atoms. The molecule has 7 nitrogen and oxygen atoms in total. The van der Waals surface area contributed by atoms with E-state index >= 15 is 0 Å². The van der Waals surface area contributed by atoms with Crippen molar-refractivity contribution in [1.29, 1.82) is 0 Å². The number of amides is 1. The van der Waals surface area contributed by atoms with Gasteiger partial charge in [-0.1, -0.05) is 27.7 Å². The van der Waals surface area contributed by atoms with Crippen molar-refractivity contribution in [2.45, 2.75) is 18.8 Å². The van der Waals surface area contributed by atoms with Gasteiger partial charge in [-0.05, 0) is 31.0 Å². The SMILES string of the molecule is COc1ccc(-c2noc(C3CCN(C(=O)CI)CC3)n2)cc1OC. The van der Waals surface area contributed by atoms with Crippen LogP contribution in [0.15, 0.2) is 22.7 Å². The van der Waals surface area contributed by atoms with Crippen LogP contribution in [0, 0.1) is 0 Å². The average molecular weight is 457 g/mol. The molecule has 2 heterocycles. The Morgan fingerprint density at radius 1 is 1.28 bits per heavy atom. The van der Waals surface area contributed by atoms with E-state index in [4.69, 9.17) is 14.0 Å². The Hall–Kier alpha value is -1.84. The van der Waals surface area contributed by atoms with Crippen molar-refractivity contribution in [3.05, 3.63) is 24.1 Å². The number of hydrogen-bond acceptors (Lipinski definition) is 6. The lowest BCUT2D eigenvalue weighted by atomic mass is 9.97. The first kappa shape index (κ1) is 18.0. The van der Waals surface area contributed by atoms with Crippen LogP contribution in [0.5, 0.6) is 11.5 Å². The molecule has 3 rings (SSSR count). The van der Waals surface area contributed by atoms with E-state index in [2.05, 4.69) is 32.7 Å². The molecule has 1 fully saturated rings. The van der Waals surface area contributed by atoms with Gasteiger partial charge in [-0.15, -0.1) is 0 Å². The van der Waals surface area contributed by atoms with Gasteiger partial charge in [0, 0.05) is 24.6 Å². The number of carbonyl (C=O) groups excluding carboxylic acids is 1. The lowest BCUT2D eigenvalue weighted by Gasteiger charge is -2.29. The van der Waals surface area contributed by atoms with Gasteiger partial charge in [0.05, 0.1) is 18.6 Å². The van der Waals surface area contributed by atoms with Crippen LogP contribution in [0.1, 0.15) is 24.7 Å². The van der Waals surface area contributed by atoms with E-state index in [-0.39, 0.29) is 11.8 Å². The molecule has 1 aromatic carbocycles. The second-order valence-electron chi connectivity index (χ2n) is 5.81. The Kier molecular flexibility index (Phi) is 5.77. The molecule has 1 saturated heterocycles. The highest BCUT2D eigenvalue weighted by Crippen LogP contribution is 2.33. The number of aromatic nitrogens is 2. The maximum absolute atomic E-state index is 11.8. The fourth-order valence-corrected chi connectivity index (χ4v) is 3.44. The van der Waals surface area contributed by atoms with E-state index in [9.17, 15) is 4.79 Å². The predicted octanol–water partition coefficient (Wildman–Crippen LogP) is 2.89. The number of benzene rings is 1. The molecular weight excluding hydrogens is 437 g/mol. The molecule has 0 atom stereocenters. The minimum atomic E-state index is 0.190. The standard InChI is InChI=1S/C17H20IN3O4/c1-23-13-4-3-12(9-14(13)24-2)16-19-17(25-20-16)11-5-7-21(8-6-11)15(22)10-18/h3-4,9,11H,5-8,10H2,1-2H3. The molecule has 0 bridgehead atoms. The van der Waals surface area contributed by atoms with Crippen LogP contribution < -0.4 is 9.47 Å². The van der Waals surface area contributed by atoms with Gasteiger partial charge in [0.15, 0.2) is 11.5 Å². The number of piperidine rings is 1. The van der Waals surface area contributed by atoms with Crippen LogP contribution in [0.4, 0.5) is 0 Å². The van der Waals surface area contributed by atoms with E-state index in [0.717, 1.165) is 31.5 Å². The topological polar surface area (TPSA) is 77.7 Å². The lowest BCUT2D eigenvalue weighted by molar-refractivity contribution is -0.129. The third-order valence-corrected chi connectivity index (χ3v) is 5.05. The quantitative estimate of drug-likeness (QED) is 0.508. The Balaban J connectivity index is 1.72. The molecule has 1 aliphatic rings. The molecule has 0 saturated carbocycles. The minimum Gasteiger partial charge on any atom is -0.493 e. The molecule has 1 aliphatic heterocycles. The van der Waals surface area contributed by atoms with E-state index in [1.54, 1.807) is 14.2 Å². The van der Waals surface area contributed by atoms with Crippen LogP contribution in [0.2, 0.25) is 0 Å². The summed E-state index contributed by atoms with van der Waals surface area (Å²) in [6, 6.07) is 5.52. The number of alkyl halides is 1. The summed E-state index contributed by atoms with van der Waals surface area (Å²) in [5.41, 5.74) is 0.810. The fourth-order valence-electron chi connectivity index (χ4n) is 2.95. The summed E-state index contributed by atoms with van der Waals surface area (Å²) in [6.45, 7) is 1.47. The molecule has 0 aliphatic carbocycles. The molecular formula is C17H20IN3O4. The number of rotatable bonds is 5. The van der Waals surface area contributed by atoms with Gasteiger partial charge < -0.3 is 18.9 Å². The smallest absolute Gasteiger partial charge is 0.232 e. The lowest BCUT2D eigenvalue weighted by Crippen LogP contribution is -2.38. The van der Waals surface area contributed by atoms with Crippen LogP contribution in [0.3, 0.4) is 0 Å². The normalized spacial score (nSPS) is 15.2. The van der Waals surface area contributed by atoms with Crippen molar-refractivity contribution in [1.82, 2.24) is 15.0 Å². The van der Waals surface area contributed by atoms with E-state index in [0.29, 0.717) is 27.6 Å². The largest absolute Gasteiger partial charge is 0.493 e. The zero-order valence-corrected chi connectivity index (χ0v) is 16.4. The molecule has 2 aromatic rings. The van der Waals surface area contributed by atoms with Crippen molar-refractivity contribution in [2.75, 3.05) is 31.7 Å². The maximum Gasteiger partial charge on any atom is 0.232 e. The molecule has 0 unspecified atom stereocenters. The highest BCUT2D eigenvalue weighted by molar-refractivity contribution is 14.1. The van der Waals surface area contributed by atoms with Gasteiger partial charge in [-0.2, -0.15) is 4.98 Å². The summed E-state index contributed by atoms with van der Waals surface area (Å²) in [5, 5.41) is 4.10. The fraction of sp³-hybridized carbons (Fsp3) is 0.471. The maximum atomic E-state index is 11.8. The third-order valence-electron chi connectivity index (χ3n) is 4.39. The number of methoxy groups -OCH3 is 2. The average Bonchev–Trinajstić information content (AvgIpc) is 3.17. The minimum absolute atomic E-state index is 0.190. The third kappa shape index (κ3) is 3.88. The Labute approximate surface area is 159 Å². The summed E-state index contributed by atoms with van der Waals surface area (Å²) >= 11 is 2.10. The molecule has 8 heteroatoms. The van der Waals surface area contributed by atoms with Crippen LogP contribution in [0.25, 0.3) is 11.4 Å². The molecule has 0 radical (unpaired) electrons. The molecule has 134 valence electrons.